The number of pyridine rings is 3. The summed E-state index contributed by atoms with van der Waals surface area (Å²) in [5, 5.41) is 55.1. The average Bonchev–Trinajstić information content (AvgIpc) is 1.48. The van der Waals surface area contributed by atoms with Crippen molar-refractivity contribution >= 4 is 122 Å². The number of aliphatic hydroxyl groups is 4. The molecule has 9 heterocycles. The molecule has 10 aromatic rings. The van der Waals surface area contributed by atoms with Gasteiger partial charge >= 0.3 is 5.97 Å². The Morgan fingerprint density at radius 1 is 0.440 bits per heavy atom. The number of cyclic esters (lactones) is 1. The zero-order valence-corrected chi connectivity index (χ0v) is 89.7. The zero-order chi connectivity index (χ0) is 106. The third kappa shape index (κ3) is 18.7. The number of likely N-dealkylation sites (tertiary alicyclic amines) is 1. The van der Waals surface area contributed by atoms with Gasteiger partial charge < -0.3 is 52.2 Å². The highest BCUT2D eigenvalue weighted by Crippen LogP contribution is 2.76. The number of nitrogens with two attached hydrogens (primary N) is 1. The first-order valence-electron chi connectivity index (χ1n) is 53.3. The average molecular weight is 2160 g/mol. The number of hydrogen-bond donors (Lipinski definition) is 9. The lowest BCUT2D eigenvalue weighted by molar-refractivity contribution is -0.184. The molecule has 7 aromatic carbocycles. The van der Waals surface area contributed by atoms with E-state index in [1.165, 1.54) is 18.2 Å². The molecule has 4 amide bonds. The Morgan fingerprint density at radius 2 is 0.827 bits per heavy atom. The van der Waals surface area contributed by atoms with Gasteiger partial charge in [-0.15, -0.1) is 0 Å². The lowest BCUT2D eigenvalue weighted by Crippen LogP contribution is -2.64. The minimum absolute atomic E-state index is 0.00510. The second kappa shape index (κ2) is 42.2. The summed E-state index contributed by atoms with van der Waals surface area (Å²) in [6.45, 7) is 13.4. The second-order valence-electron chi connectivity index (χ2n) is 46.9. The van der Waals surface area contributed by atoms with Crippen LogP contribution in [0, 0.1) is 50.9 Å². The van der Waals surface area contributed by atoms with Gasteiger partial charge in [0, 0.05) is 69.9 Å². The van der Waals surface area contributed by atoms with E-state index >= 15 is 27.6 Å². The number of fused-ring (bicyclic) bond motifs is 11. The van der Waals surface area contributed by atoms with Crippen LogP contribution in [0.3, 0.4) is 0 Å². The molecule has 30 heteroatoms. The number of Topliss-reactive ketones (excluding diaryl/α,β-unsaturated/α-hetero) is 1. The number of nitrogens with one attached hydrogen (secondary N) is 4. The molecule has 13 aliphatic rings. The van der Waals surface area contributed by atoms with Crippen LogP contribution < -0.4 is 27.0 Å². The molecule has 23 rings (SSSR count). The van der Waals surface area contributed by atoms with Crippen LogP contribution in [0.4, 0.5) is 30.6 Å². The molecule has 6 spiro atoms. The lowest BCUT2D eigenvalue weighted by Gasteiger charge is -2.57. The highest BCUT2D eigenvalue weighted by atomic mass is 35.5. The van der Waals surface area contributed by atoms with E-state index in [0.29, 0.717) is 135 Å². The van der Waals surface area contributed by atoms with Gasteiger partial charge in [0.1, 0.15) is 79.1 Å². The maximum atomic E-state index is 17.0. The number of nitrogens with zero attached hydrogens (tertiary/aromatic N) is 5. The van der Waals surface area contributed by atoms with Crippen molar-refractivity contribution in [1.29, 1.82) is 0 Å². The van der Waals surface area contributed by atoms with Crippen molar-refractivity contribution in [2.75, 3.05) is 16.0 Å². The number of aliphatic hydroxyl groups excluding tert-OH is 4. The van der Waals surface area contributed by atoms with Gasteiger partial charge in [0.15, 0.2) is 0 Å². The Bertz CT molecular complexity index is 6720. The SMILES string of the molecule is CC1(C)CCC2(CC1)C[C@@H](C(=O)CC1CCC(O)CC1)[C@H](c1cccc(Cl)c1F)[C@]21C(=O)Nc2nc(Cl)ccc21.CC1(C)CCC2(CC1)N([C@H](c1ccccc1)[C@@H](O)c1ccccc1)[C@@H](C(=O)NC1CCC(O)CC1)[C@H](c1cccc(Cl)c1F)C21C(=O)Nc2nc(Cl)ccc21.CC1(C)CCC2(CC1)N1[C@H](c3ccccc3)[C@H](c3ccccc3)OC(=O)[C@H]1[C@H](c1cccc(Cl)c1F)[C@@]21C(=O)Nc2nc(Cl)ccc21.NC1CCC(O)CC1. The van der Waals surface area contributed by atoms with E-state index in [0.717, 1.165) is 93.7 Å². The number of ether oxygens (including phenoxy) is 1. The first kappa shape index (κ1) is 107. The Morgan fingerprint density at radius 3 is 1.29 bits per heavy atom. The number of halogens is 9. The monoisotopic (exact) mass is 2150 g/mol. The molecule has 0 bridgehead atoms. The van der Waals surface area contributed by atoms with Crippen molar-refractivity contribution in [1.82, 2.24) is 30.1 Å². The number of benzene rings is 7. The molecular weight excluding hydrogens is 2030 g/mol. The molecule has 13 atom stereocenters. The molecule has 10 fully saturated rings. The zero-order valence-electron chi connectivity index (χ0n) is 85.2. The fourth-order valence-electron chi connectivity index (χ4n) is 29.4. The quantitative estimate of drug-likeness (QED) is 0.0361. The first-order valence-corrected chi connectivity index (χ1v) is 55.6. The Balaban J connectivity index is 0.000000132. The van der Waals surface area contributed by atoms with E-state index in [2.05, 4.69) is 87.6 Å². The normalized spacial score (nSPS) is 30.1. The molecule has 6 aliphatic heterocycles. The standard InChI is InChI=1S/C44H47Cl2FN4O4.C38H34Cl2FN3O3.C32H37Cl2FN2O3.C6H13NO/c1-42(2)22-24-43(25-23-42)44(31-20-21-33(46)49-39(31)50-41(44)55)34(30-14-9-15-32(45)35(30)47)37(40(54)48-28-16-18-29(52)19-17-28)51(43)36(26-10-5-3-6-11-26)38(53)27-12-7-4-8-13-27;1-36(2)18-20-37(21-19-36)38(25-16-17-27(40)42-33(25)43-35(38)46)28(24-14-9-15-26(39)29(24)41)31-34(45)47-32(23-12-7-4-8-13-23)30(44(31)37)22-10-5-3-6-11-22;1-30(2)12-14-31(15-13-30)17-21(24(39)16-18-6-8-19(38)9-7-18)26(20-4-3-5-23(33)27(20)35)32(31)22-10-11-25(34)36-28(22)37-29(32)40;7-5-1-3-6(8)4-2-5/h3-15,20-21,28-29,34,36-38,52-53H,16-19,22-25H2,1-2H3,(H,48,54)(H,49,50,55);3-17,28,30-32H,18-21H2,1-2H3,(H,42,43,46);3-5,10-11,18-19,21,26,38H,6-9,12-17H2,1-2H3,(H,36,37,40);5-6,8H,1-4,7H2/t28?,29?,34-,36+,37+,38-,44?;28-,30+,31+,32-,38-;18?,19?,21-,26-,32+;/m000./s1. The Labute approximate surface area is 904 Å². The van der Waals surface area contributed by atoms with Crippen LogP contribution in [0.25, 0.3) is 0 Å². The molecule has 1 unspecified atom stereocenters. The van der Waals surface area contributed by atoms with Gasteiger partial charge in [0.2, 0.25) is 23.6 Å². The van der Waals surface area contributed by atoms with Crippen LogP contribution in [-0.2, 0) is 49.7 Å². The van der Waals surface area contributed by atoms with Gasteiger partial charge in [-0.3, -0.25) is 38.6 Å². The maximum absolute atomic E-state index is 17.0. The van der Waals surface area contributed by atoms with E-state index in [1.54, 1.807) is 60.7 Å². The highest BCUT2D eigenvalue weighted by molar-refractivity contribution is 6.32. The van der Waals surface area contributed by atoms with Crippen LogP contribution in [0.5, 0.6) is 0 Å². The molecular formula is C120H131Cl6F3N10O11. The summed E-state index contributed by atoms with van der Waals surface area (Å²) >= 11 is 38.5. The molecule has 10 N–H and O–H groups in total. The largest absolute Gasteiger partial charge is 0.454 e. The van der Waals surface area contributed by atoms with Crippen molar-refractivity contribution < 1.29 is 67.1 Å². The third-order valence-corrected chi connectivity index (χ3v) is 38.4. The fraction of sp³-hybridized carbons (Fsp3) is 0.475. The van der Waals surface area contributed by atoms with Gasteiger partial charge in [0.05, 0.1) is 63.0 Å². The highest BCUT2D eigenvalue weighted by Gasteiger charge is 2.82. The van der Waals surface area contributed by atoms with E-state index in [1.807, 2.05) is 133 Å². The summed E-state index contributed by atoms with van der Waals surface area (Å²) < 4.78 is 56.1. The van der Waals surface area contributed by atoms with Crippen molar-refractivity contribution in [3.05, 3.63) is 316 Å². The minimum atomic E-state index is -1.59. The van der Waals surface area contributed by atoms with Crippen LogP contribution in [0.2, 0.25) is 30.5 Å². The predicted octanol–water partition coefficient (Wildman–Crippen LogP) is 24.8. The van der Waals surface area contributed by atoms with Gasteiger partial charge in [-0.1, -0.05) is 287 Å². The lowest BCUT2D eigenvalue weighted by atomic mass is 9.51. The van der Waals surface area contributed by atoms with Crippen molar-refractivity contribution in [2.24, 2.45) is 39.2 Å². The van der Waals surface area contributed by atoms with Gasteiger partial charge in [-0.2, -0.15) is 0 Å². The van der Waals surface area contributed by atoms with Crippen LogP contribution >= 0.6 is 69.6 Å². The first-order chi connectivity index (χ1) is 71.7. The molecule has 7 saturated carbocycles. The summed E-state index contributed by atoms with van der Waals surface area (Å²) in [4.78, 5) is 108. The van der Waals surface area contributed by atoms with Crippen LogP contribution in [0.1, 0.15) is 306 Å². The summed E-state index contributed by atoms with van der Waals surface area (Å²) in [5.41, 5.74) is 4.45. The van der Waals surface area contributed by atoms with E-state index in [-0.39, 0.29) is 111 Å². The van der Waals surface area contributed by atoms with Crippen LogP contribution in [-0.4, -0.2) is 134 Å². The summed E-state index contributed by atoms with van der Waals surface area (Å²) in [7, 11) is 0. The van der Waals surface area contributed by atoms with E-state index in [4.69, 9.17) is 85.2 Å². The number of hydrogen-bond acceptors (Lipinski definition) is 17. The summed E-state index contributed by atoms with van der Waals surface area (Å²) in [6, 6.07) is 60.2. The number of amides is 4. The second-order valence-corrected chi connectivity index (χ2v) is 49.2. The Hall–Kier alpha value is -9.74. The van der Waals surface area contributed by atoms with Crippen LogP contribution in [0.15, 0.2) is 212 Å². The number of rotatable bonds is 14. The number of aromatic nitrogens is 3. The van der Waals surface area contributed by atoms with Gasteiger partial charge in [0.25, 0.3) is 0 Å². The topological polar surface area (TPSA) is 312 Å². The molecule has 150 heavy (non-hydrogen) atoms. The smallest absolute Gasteiger partial charge is 0.324 e. The maximum Gasteiger partial charge on any atom is 0.324 e. The molecule has 21 nitrogen and oxygen atoms in total. The van der Waals surface area contributed by atoms with Crippen molar-refractivity contribution in [3.8, 4) is 0 Å². The summed E-state index contributed by atoms with van der Waals surface area (Å²) in [6.07, 6.45) is 15.6. The number of carbonyl (C=O) groups is 6. The van der Waals surface area contributed by atoms with E-state index < -0.39 is 128 Å². The van der Waals surface area contributed by atoms with Crippen molar-refractivity contribution in [2.45, 2.75) is 320 Å². The van der Waals surface area contributed by atoms with E-state index in [9.17, 15) is 29.7 Å². The predicted molar refractivity (Wildman–Crippen MR) is 577 cm³/mol. The number of ketones is 1. The molecule has 0 radical (unpaired) electrons. The Kier molecular flexibility index (Phi) is 30.1. The number of esters is 1. The number of anilines is 3. The molecule has 3 saturated heterocycles. The molecule has 3 aromatic heterocycles. The summed E-state index contributed by atoms with van der Waals surface area (Å²) in [5.74, 6) is -5.85. The minimum Gasteiger partial charge on any atom is -0.454 e. The van der Waals surface area contributed by atoms with Crippen molar-refractivity contribution in [3.63, 3.8) is 0 Å². The fourth-order valence-corrected chi connectivity index (χ4v) is 30.4. The number of morpholine rings is 1. The number of carbonyl (C=O) groups excluding carboxylic acids is 6. The van der Waals surface area contributed by atoms with Gasteiger partial charge in [-0.25, -0.2) is 28.1 Å². The van der Waals surface area contributed by atoms with Gasteiger partial charge in [-0.05, 0) is 263 Å². The third-order valence-electron chi connectivity index (χ3n) is 36.9. The molecule has 790 valence electrons. The molecule has 7 aliphatic carbocycles.